The zero-order valence-corrected chi connectivity index (χ0v) is 31.3. The van der Waals surface area contributed by atoms with Crippen molar-refractivity contribution in [2.45, 2.75) is 63.6 Å². The van der Waals surface area contributed by atoms with Gasteiger partial charge < -0.3 is 24.8 Å². The van der Waals surface area contributed by atoms with Crippen LogP contribution in [0.5, 0.6) is 5.75 Å². The van der Waals surface area contributed by atoms with E-state index >= 15 is 0 Å². The fourth-order valence-corrected chi connectivity index (χ4v) is 8.78. The van der Waals surface area contributed by atoms with Crippen molar-refractivity contribution in [3.05, 3.63) is 70.2 Å². The Bertz CT molecular complexity index is 2010. The summed E-state index contributed by atoms with van der Waals surface area (Å²) < 4.78 is 6.04. The predicted molar refractivity (Wildman–Crippen MR) is 205 cm³/mol. The molecular formula is C40H44ClN9O5. The summed E-state index contributed by atoms with van der Waals surface area (Å²) in [5.74, 6) is 1.35. The van der Waals surface area contributed by atoms with E-state index in [-0.39, 0.29) is 42.1 Å². The molecule has 4 amide bonds. The first-order valence-corrected chi connectivity index (χ1v) is 19.6. The average Bonchev–Trinajstić information content (AvgIpc) is 3.80. The van der Waals surface area contributed by atoms with Gasteiger partial charge in [-0.3, -0.25) is 29.4 Å². The molecule has 2 aromatic carbocycles. The second-order valence-corrected chi connectivity index (χ2v) is 15.6. The first-order chi connectivity index (χ1) is 26.7. The number of benzene rings is 2. The number of ether oxygens (including phenoxy) is 1. The van der Waals surface area contributed by atoms with Crippen LogP contribution >= 0.6 is 11.6 Å². The van der Waals surface area contributed by atoms with Crippen LogP contribution in [0.2, 0.25) is 5.02 Å². The summed E-state index contributed by atoms with van der Waals surface area (Å²) in [6.45, 7) is 6.90. The third-order valence-corrected chi connectivity index (χ3v) is 12.0. The number of imide groups is 1. The number of fused-ring (bicyclic) bond motifs is 1. The monoisotopic (exact) mass is 765 g/mol. The number of halogens is 1. The van der Waals surface area contributed by atoms with Crippen LogP contribution in [0.25, 0.3) is 0 Å². The number of hydrogen-bond donors (Lipinski definition) is 2. The first-order valence-electron chi connectivity index (χ1n) is 19.2. The molecular weight excluding hydrogens is 722 g/mol. The molecule has 0 radical (unpaired) electrons. The van der Waals surface area contributed by atoms with Gasteiger partial charge in [0.05, 0.1) is 16.7 Å². The molecule has 55 heavy (non-hydrogen) atoms. The molecule has 8 rings (SSSR count). The number of anilines is 3. The van der Waals surface area contributed by atoms with Gasteiger partial charge in [0, 0.05) is 82.0 Å². The average molecular weight is 766 g/mol. The van der Waals surface area contributed by atoms with E-state index in [1.54, 1.807) is 23.1 Å². The SMILES string of the molecule is N#Cc1ccc(O[C@H]2CC[C@H](C(=O)Nc3ccc(N4CCC(CN5CCN(c6ccc7c(c6)C(=O)N(C6CCC(=O)NC6=O)C7)CC5)CC4)nn3)C2)cc1Cl. The molecule has 0 bridgehead atoms. The Balaban J connectivity index is 0.754. The molecule has 286 valence electrons. The van der Waals surface area contributed by atoms with Gasteiger partial charge >= 0.3 is 0 Å². The Kier molecular flexibility index (Phi) is 10.6. The van der Waals surface area contributed by atoms with Gasteiger partial charge in [0.2, 0.25) is 17.7 Å². The third kappa shape index (κ3) is 8.09. The highest BCUT2D eigenvalue weighted by Gasteiger charge is 2.39. The quantitative estimate of drug-likeness (QED) is 0.303. The van der Waals surface area contributed by atoms with Crippen molar-refractivity contribution in [1.29, 1.82) is 5.26 Å². The fraction of sp³-hybridized carbons (Fsp3) is 0.475. The number of nitriles is 1. The van der Waals surface area contributed by atoms with Crippen LogP contribution in [0.3, 0.4) is 0 Å². The zero-order valence-electron chi connectivity index (χ0n) is 30.6. The number of rotatable bonds is 9. The number of carbonyl (C=O) groups is 4. The number of aromatic nitrogens is 2. The number of nitrogens with zero attached hydrogens (tertiary/aromatic N) is 7. The van der Waals surface area contributed by atoms with Crippen LogP contribution in [0, 0.1) is 23.2 Å². The molecule has 0 spiro atoms. The maximum absolute atomic E-state index is 13.3. The van der Waals surface area contributed by atoms with Crippen molar-refractivity contribution in [3.8, 4) is 11.8 Å². The summed E-state index contributed by atoms with van der Waals surface area (Å²) in [6.07, 6.45) is 4.69. The van der Waals surface area contributed by atoms with Gasteiger partial charge in [-0.25, -0.2) is 0 Å². The molecule has 14 nitrogen and oxygen atoms in total. The molecule has 2 N–H and O–H groups in total. The second-order valence-electron chi connectivity index (χ2n) is 15.2. The van der Waals surface area contributed by atoms with Gasteiger partial charge in [-0.2, -0.15) is 5.26 Å². The van der Waals surface area contributed by atoms with Gasteiger partial charge in [-0.15, -0.1) is 10.2 Å². The minimum atomic E-state index is -0.604. The van der Waals surface area contributed by atoms with Crippen molar-refractivity contribution >= 4 is 52.6 Å². The number of carbonyl (C=O) groups excluding carboxylic acids is 4. The number of piperidine rings is 2. The standard InChI is InChI=1S/C40H44ClN9O5/c41-33-21-31(6-3-27(33)22-42)55-30-5-2-26(19-30)38(52)43-35-8-9-36(46-45-35)49-13-11-25(12-14-49)23-47-15-17-48(18-16-47)29-4-1-28-24-50(40(54)32(28)20-29)34-7-10-37(51)44-39(34)53/h1,3-4,6,8-9,20-21,25-26,30,34H,2,5,7,10-19,23-24H2,(H,43,45,52)(H,44,51,53)/t26-,30-,34?/m0/s1. The lowest BCUT2D eigenvalue weighted by molar-refractivity contribution is -0.137. The van der Waals surface area contributed by atoms with Gasteiger partial charge in [0.25, 0.3) is 5.91 Å². The molecule has 1 unspecified atom stereocenters. The van der Waals surface area contributed by atoms with E-state index in [1.807, 2.05) is 30.3 Å². The predicted octanol–water partition coefficient (Wildman–Crippen LogP) is 3.99. The molecule has 15 heteroatoms. The summed E-state index contributed by atoms with van der Waals surface area (Å²) in [5.41, 5.74) is 3.00. The van der Waals surface area contributed by atoms with E-state index in [2.05, 4.69) is 41.6 Å². The molecule has 3 saturated heterocycles. The summed E-state index contributed by atoms with van der Waals surface area (Å²) in [6, 6.07) is 16.2. The van der Waals surface area contributed by atoms with Gasteiger partial charge in [0.15, 0.2) is 11.6 Å². The van der Waals surface area contributed by atoms with Crippen molar-refractivity contribution in [2.75, 3.05) is 60.9 Å². The molecule has 3 aromatic rings. The molecule has 1 aliphatic carbocycles. The zero-order chi connectivity index (χ0) is 38.1. The van der Waals surface area contributed by atoms with Crippen molar-refractivity contribution in [2.24, 2.45) is 11.8 Å². The van der Waals surface area contributed by atoms with E-state index in [1.165, 1.54) is 0 Å². The van der Waals surface area contributed by atoms with Crippen molar-refractivity contribution in [3.63, 3.8) is 0 Å². The fourth-order valence-electron chi connectivity index (χ4n) is 8.56. The Morgan fingerprint density at radius 2 is 1.75 bits per heavy atom. The van der Waals surface area contributed by atoms with E-state index in [0.717, 1.165) is 82.1 Å². The van der Waals surface area contributed by atoms with Crippen LogP contribution in [-0.4, -0.2) is 102 Å². The Hall–Kier alpha value is -5.26. The normalized spacial score (nSPS) is 23.4. The minimum Gasteiger partial charge on any atom is -0.490 e. The molecule has 4 aliphatic heterocycles. The minimum absolute atomic E-state index is 0.0894. The number of piperazine rings is 1. The lowest BCUT2D eigenvalue weighted by atomic mass is 9.96. The highest BCUT2D eigenvalue weighted by Crippen LogP contribution is 2.33. The topological polar surface area (TPSA) is 164 Å². The van der Waals surface area contributed by atoms with E-state index < -0.39 is 6.04 Å². The Morgan fingerprint density at radius 3 is 2.47 bits per heavy atom. The summed E-state index contributed by atoms with van der Waals surface area (Å²) >= 11 is 6.14. The summed E-state index contributed by atoms with van der Waals surface area (Å²) in [5, 5.41) is 23.5. The summed E-state index contributed by atoms with van der Waals surface area (Å²) in [4.78, 5) is 59.1. The van der Waals surface area contributed by atoms with E-state index in [4.69, 9.17) is 21.6 Å². The molecule has 5 heterocycles. The molecule has 1 saturated carbocycles. The Labute approximate surface area is 324 Å². The van der Waals surface area contributed by atoms with E-state index in [9.17, 15) is 19.2 Å². The highest BCUT2D eigenvalue weighted by atomic mass is 35.5. The molecule has 5 aliphatic rings. The smallest absolute Gasteiger partial charge is 0.255 e. The number of hydrogen-bond acceptors (Lipinski definition) is 11. The Morgan fingerprint density at radius 1 is 0.927 bits per heavy atom. The van der Waals surface area contributed by atoms with Crippen LogP contribution in [0.15, 0.2) is 48.5 Å². The molecule has 4 fully saturated rings. The molecule has 1 aromatic heterocycles. The third-order valence-electron chi connectivity index (χ3n) is 11.7. The maximum Gasteiger partial charge on any atom is 0.255 e. The molecule has 3 atom stereocenters. The van der Waals surface area contributed by atoms with Crippen molar-refractivity contribution in [1.82, 2.24) is 25.3 Å². The number of amides is 4. The van der Waals surface area contributed by atoms with Gasteiger partial charge in [-0.05, 0) is 86.4 Å². The van der Waals surface area contributed by atoms with Crippen molar-refractivity contribution < 1.29 is 23.9 Å². The number of nitrogens with one attached hydrogen (secondary N) is 2. The van der Waals surface area contributed by atoms with Gasteiger partial charge in [-0.1, -0.05) is 17.7 Å². The summed E-state index contributed by atoms with van der Waals surface area (Å²) in [7, 11) is 0. The van der Waals surface area contributed by atoms with Crippen LogP contribution in [0.1, 0.15) is 66.4 Å². The second kappa shape index (κ2) is 15.8. The largest absolute Gasteiger partial charge is 0.490 e. The van der Waals surface area contributed by atoms with E-state index in [0.29, 0.717) is 59.4 Å². The van der Waals surface area contributed by atoms with Gasteiger partial charge in [0.1, 0.15) is 17.9 Å². The van der Waals surface area contributed by atoms with Crippen LogP contribution in [0.4, 0.5) is 17.3 Å². The maximum atomic E-state index is 13.3. The lowest BCUT2D eigenvalue weighted by Gasteiger charge is -2.39. The highest BCUT2D eigenvalue weighted by molar-refractivity contribution is 6.31. The first kappa shape index (κ1) is 36.7. The van der Waals surface area contributed by atoms with Crippen LogP contribution in [-0.2, 0) is 20.9 Å². The van der Waals surface area contributed by atoms with Crippen LogP contribution < -0.4 is 25.2 Å². The lowest BCUT2D eigenvalue weighted by Crippen LogP contribution is -2.52.